The summed E-state index contributed by atoms with van der Waals surface area (Å²) in [6.45, 7) is 4.91. The molecule has 0 saturated heterocycles. The fourth-order valence-electron chi connectivity index (χ4n) is 10.8. The lowest BCUT2D eigenvalue weighted by Crippen LogP contribution is -2.45. The molecule has 0 aliphatic carbocycles. The van der Waals surface area contributed by atoms with Crippen LogP contribution in [0.1, 0.15) is 380 Å². The number of hydrogen-bond donors (Lipinski definition) is 3. The van der Waals surface area contributed by atoms with Crippen molar-refractivity contribution >= 4 is 11.9 Å². The van der Waals surface area contributed by atoms with Gasteiger partial charge in [0.15, 0.2) is 0 Å². The first-order valence-electron chi connectivity index (χ1n) is 34.8. The fourth-order valence-corrected chi connectivity index (χ4v) is 10.8. The normalized spacial score (nSPS) is 12.7. The van der Waals surface area contributed by atoms with Gasteiger partial charge in [-0.05, 0) is 64.2 Å². The number of nitrogens with one attached hydrogen (secondary N) is 1. The maximum atomic E-state index is 12.5. The van der Waals surface area contributed by atoms with Crippen molar-refractivity contribution in [2.45, 2.75) is 392 Å². The molecule has 0 fully saturated rings. The molecule has 0 aromatic rings. The number of aliphatic hydroxyl groups is 2. The molecule has 0 radical (unpaired) electrons. The van der Waals surface area contributed by atoms with Crippen LogP contribution in [0.15, 0.2) is 36.5 Å². The van der Waals surface area contributed by atoms with E-state index in [0.29, 0.717) is 19.4 Å². The number of carbonyl (C=O) groups excluding carboxylic acids is 2. The minimum Gasteiger partial charge on any atom is -0.466 e. The largest absolute Gasteiger partial charge is 0.466 e. The lowest BCUT2D eigenvalue weighted by Gasteiger charge is -2.20. The van der Waals surface area contributed by atoms with Crippen molar-refractivity contribution in [3.8, 4) is 0 Å². The lowest BCUT2D eigenvalue weighted by atomic mass is 10.0. The molecule has 1 amide bonds. The first-order chi connectivity index (χ1) is 38.0. The van der Waals surface area contributed by atoms with Gasteiger partial charge in [0, 0.05) is 12.8 Å². The van der Waals surface area contributed by atoms with Gasteiger partial charge in [-0.15, -0.1) is 0 Å². The summed E-state index contributed by atoms with van der Waals surface area (Å²) < 4.78 is 5.51. The Labute approximate surface area is 481 Å². The van der Waals surface area contributed by atoms with E-state index in [4.69, 9.17) is 4.74 Å². The average molecular weight is 1080 g/mol. The Balaban J connectivity index is 3.39. The first-order valence-corrected chi connectivity index (χ1v) is 34.8. The van der Waals surface area contributed by atoms with Gasteiger partial charge in [-0.2, -0.15) is 0 Å². The third kappa shape index (κ3) is 63.1. The van der Waals surface area contributed by atoms with Crippen LogP contribution in [-0.4, -0.2) is 47.4 Å². The molecule has 0 heterocycles. The highest BCUT2D eigenvalue weighted by Gasteiger charge is 2.18. The third-order valence-corrected chi connectivity index (χ3v) is 16.2. The number of carbonyl (C=O) groups is 2. The molecule has 0 aromatic heterocycles. The van der Waals surface area contributed by atoms with Gasteiger partial charge in [0.25, 0.3) is 0 Å². The van der Waals surface area contributed by atoms with Crippen LogP contribution in [0, 0.1) is 0 Å². The molecule has 77 heavy (non-hydrogen) atoms. The van der Waals surface area contributed by atoms with E-state index in [1.54, 1.807) is 6.08 Å². The van der Waals surface area contributed by atoms with Crippen LogP contribution in [0.2, 0.25) is 0 Å². The van der Waals surface area contributed by atoms with Crippen LogP contribution < -0.4 is 5.32 Å². The molecule has 454 valence electrons. The maximum absolute atomic E-state index is 12.5. The predicted molar refractivity (Wildman–Crippen MR) is 338 cm³/mol. The minimum atomic E-state index is -0.846. The van der Waals surface area contributed by atoms with Crippen LogP contribution in [0.4, 0.5) is 0 Å². The highest BCUT2D eigenvalue weighted by atomic mass is 16.5. The van der Waals surface area contributed by atoms with Crippen molar-refractivity contribution in [2.24, 2.45) is 0 Å². The average Bonchev–Trinajstić information content (AvgIpc) is 3.43. The number of hydrogen-bond acceptors (Lipinski definition) is 5. The zero-order chi connectivity index (χ0) is 55.7. The summed E-state index contributed by atoms with van der Waals surface area (Å²) in [6.07, 6.45) is 84.9. The molecular weight excluding hydrogens is 947 g/mol. The standard InChI is InChI=1S/C71H135NO5/c1-3-5-7-9-11-13-15-17-19-21-27-31-35-39-43-47-51-55-59-63-69(74)68(67-73)72-70(75)64-60-56-52-48-44-40-36-32-29-25-23-24-26-30-34-38-42-46-50-54-58-62-66-77-71(76)65-61-57-53-49-45-41-37-33-28-22-20-18-16-14-12-10-8-6-4-2/h12,14,18,20,59,63,68-69,73-74H,3-11,13,15-17,19,21-58,60-62,64-67H2,1-2H3,(H,72,75)/b14-12-,20-18-,63-59+. The molecule has 6 heteroatoms. The molecule has 0 aliphatic rings. The zero-order valence-electron chi connectivity index (χ0n) is 52.0. The number of aliphatic hydroxyl groups excluding tert-OH is 2. The van der Waals surface area contributed by atoms with Gasteiger partial charge in [-0.3, -0.25) is 9.59 Å². The third-order valence-electron chi connectivity index (χ3n) is 16.2. The molecule has 2 unspecified atom stereocenters. The second-order valence-corrected chi connectivity index (χ2v) is 23.9. The van der Waals surface area contributed by atoms with Gasteiger partial charge in [-0.1, -0.05) is 339 Å². The van der Waals surface area contributed by atoms with Gasteiger partial charge < -0.3 is 20.3 Å². The van der Waals surface area contributed by atoms with Crippen LogP contribution >= 0.6 is 0 Å². The van der Waals surface area contributed by atoms with Crippen molar-refractivity contribution < 1.29 is 24.5 Å². The molecule has 0 saturated carbocycles. The molecule has 0 aromatic carbocycles. The van der Waals surface area contributed by atoms with Crippen LogP contribution in [0.25, 0.3) is 0 Å². The quantitative estimate of drug-likeness (QED) is 0.0320. The first kappa shape index (κ1) is 75.1. The van der Waals surface area contributed by atoms with E-state index in [1.165, 1.54) is 302 Å². The lowest BCUT2D eigenvalue weighted by molar-refractivity contribution is -0.143. The smallest absolute Gasteiger partial charge is 0.305 e. The van der Waals surface area contributed by atoms with Crippen molar-refractivity contribution in [3.63, 3.8) is 0 Å². The van der Waals surface area contributed by atoms with Crippen molar-refractivity contribution in [2.75, 3.05) is 13.2 Å². The van der Waals surface area contributed by atoms with Gasteiger partial charge >= 0.3 is 5.97 Å². The summed E-state index contributed by atoms with van der Waals surface area (Å²) in [5.41, 5.74) is 0. The molecule has 6 nitrogen and oxygen atoms in total. The van der Waals surface area contributed by atoms with Crippen LogP contribution in [0.5, 0.6) is 0 Å². The van der Waals surface area contributed by atoms with E-state index >= 15 is 0 Å². The van der Waals surface area contributed by atoms with E-state index in [9.17, 15) is 19.8 Å². The number of amides is 1. The second-order valence-electron chi connectivity index (χ2n) is 23.9. The number of allylic oxidation sites excluding steroid dienone is 5. The summed E-state index contributed by atoms with van der Waals surface area (Å²) in [4.78, 5) is 24.6. The number of unbranched alkanes of at least 4 members (excludes halogenated alkanes) is 50. The van der Waals surface area contributed by atoms with Crippen molar-refractivity contribution in [1.82, 2.24) is 5.32 Å². The van der Waals surface area contributed by atoms with Gasteiger partial charge in [-0.25, -0.2) is 0 Å². The van der Waals surface area contributed by atoms with E-state index in [0.717, 1.165) is 51.4 Å². The van der Waals surface area contributed by atoms with E-state index in [-0.39, 0.29) is 18.5 Å². The number of rotatable bonds is 65. The zero-order valence-corrected chi connectivity index (χ0v) is 52.0. The summed E-state index contributed by atoms with van der Waals surface area (Å²) >= 11 is 0. The Bertz CT molecular complexity index is 1250. The molecular formula is C71H135NO5. The van der Waals surface area contributed by atoms with E-state index < -0.39 is 12.1 Å². The molecule has 0 spiro atoms. The molecule has 3 N–H and O–H groups in total. The van der Waals surface area contributed by atoms with Crippen LogP contribution in [-0.2, 0) is 14.3 Å². The monoisotopic (exact) mass is 1080 g/mol. The Kier molecular flexibility index (Phi) is 64.9. The predicted octanol–water partition coefficient (Wildman–Crippen LogP) is 22.3. The minimum absolute atomic E-state index is 0.00949. The van der Waals surface area contributed by atoms with Gasteiger partial charge in [0.05, 0.1) is 25.4 Å². The topological polar surface area (TPSA) is 95.9 Å². The Morgan fingerprint density at radius 3 is 1.01 bits per heavy atom. The van der Waals surface area contributed by atoms with Gasteiger partial charge in [0.1, 0.15) is 0 Å². The molecule has 0 aliphatic heterocycles. The van der Waals surface area contributed by atoms with Crippen LogP contribution in [0.3, 0.4) is 0 Å². The Morgan fingerprint density at radius 1 is 0.364 bits per heavy atom. The van der Waals surface area contributed by atoms with Crippen molar-refractivity contribution in [3.05, 3.63) is 36.5 Å². The molecule has 0 bridgehead atoms. The number of esters is 1. The molecule has 2 atom stereocenters. The fraction of sp³-hybridized carbons (Fsp3) is 0.887. The van der Waals surface area contributed by atoms with Gasteiger partial charge in [0.2, 0.25) is 5.91 Å². The SMILES string of the molecule is CCCCC/C=C\C/C=C\CCCCCCCCCCCC(=O)OCCCCCCCCCCCCCCCCCCCCCCCCC(=O)NC(CO)C(O)/C=C/CCCCCCCCCCCCCCCCCCC. The van der Waals surface area contributed by atoms with E-state index in [2.05, 4.69) is 43.5 Å². The summed E-state index contributed by atoms with van der Waals surface area (Å²) in [5.74, 6) is -0.0556. The van der Waals surface area contributed by atoms with Crippen molar-refractivity contribution in [1.29, 1.82) is 0 Å². The Hall–Kier alpha value is -1.92. The highest BCUT2D eigenvalue weighted by Crippen LogP contribution is 2.18. The molecule has 0 rings (SSSR count). The number of ether oxygens (including phenoxy) is 1. The Morgan fingerprint density at radius 2 is 0.649 bits per heavy atom. The van der Waals surface area contributed by atoms with E-state index in [1.807, 2.05) is 6.08 Å². The summed E-state index contributed by atoms with van der Waals surface area (Å²) in [6, 6.07) is -0.629. The second kappa shape index (κ2) is 66.6. The summed E-state index contributed by atoms with van der Waals surface area (Å²) in [7, 11) is 0. The summed E-state index contributed by atoms with van der Waals surface area (Å²) in [5, 5.41) is 23.2. The highest BCUT2D eigenvalue weighted by molar-refractivity contribution is 5.76. The maximum Gasteiger partial charge on any atom is 0.305 e.